The predicted molar refractivity (Wildman–Crippen MR) is 194 cm³/mol. The molecule has 0 bridgehead atoms. The molecule has 0 fully saturated rings. The lowest BCUT2D eigenvalue weighted by Crippen LogP contribution is -2.07. The molecule has 2 N–H and O–H groups in total. The third kappa shape index (κ3) is 11.8. The van der Waals surface area contributed by atoms with Crippen LogP contribution in [0.3, 0.4) is 0 Å². The van der Waals surface area contributed by atoms with E-state index in [0.29, 0.717) is 56.7 Å². The highest BCUT2D eigenvalue weighted by atomic mass is 32.2. The molecule has 13 heteroatoms. The van der Waals surface area contributed by atoms with E-state index >= 15 is 0 Å². The summed E-state index contributed by atoms with van der Waals surface area (Å²) in [5.74, 6) is -2.73. The first-order valence-corrected chi connectivity index (χ1v) is 17.9. The minimum absolute atomic E-state index is 0.116. The number of benzene rings is 5. The standard InChI is InChI=1S/C34H19F4NO2S2.C4H10FNOS/c35-29-14-8-23(16-32(29)38)21-5-11-27(12-6-21)43-34(41)18-33(40)42-26-9-3-20(4-10-26)22-7-13-28(31(37)15-22)24-1-2-25(19-39)30(36)17-24;5-3-8-4-7-2-1-6/h1-17H,18H2;1-4,6H2. The number of rotatable bonds is 12. The Morgan fingerprint density at radius 1 is 0.647 bits per heavy atom. The lowest BCUT2D eigenvalue weighted by molar-refractivity contribution is -0.117. The van der Waals surface area contributed by atoms with Crippen molar-refractivity contribution in [3.63, 3.8) is 0 Å². The molecule has 5 aromatic rings. The second kappa shape index (κ2) is 19.8. The van der Waals surface area contributed by atoms with Gasteiger partial charge >= 0.3 is 0 Å². The molecule has 5 aromatic carbocycles. The number of carbonyl (C=O) groups excluding carboxylic acids is 2. The molecule has 0 radical (unpaired) electrons. The highest BCUT2D eigenvalue weighted by Gasteiger charge is 2.15. The Morgan fingerprint density at radius 3 is 1.65 bits per heavy atom. The molecular weight excluding hydrogens is 724 g/mol. The van der Waals surface area contributed by atoms with Gasteiger partial charge in [0.2, 0.25) is 10.2 Å². The highest BCUT2D eigenvalue weighted by Crippen LogP contribution is 2.32. The zero-order valence-corrected chi connectivity index (χ0v) is 29.2. The fourth-order valence-electron chi connectivity index (χ4n) is 4.49. The maximum atomic E-state index is 14.9. The van der Waals surface area contributed by atoms with Gasteiger partial charge in [0.1, 0.15) is 23.7 Å². The summed E-state index contributed by atoms with van der Waals surface area (Å²) >= 11 is 2.95. The van der Waals surface area contributed by atoms with Gasteiger partial charge in [0, 0.05) is 21.9 Å². The normalized spacial score (nSPS) is 10.6. The van der Waals surface area contributed by atoms with Gasteiger partial charge < -0.3 is 10.5 Å². The van der Waals surface area contributed by atoms with Gasteiger partial charge in [-0.25, -0.2) is 22.0 Å². The Labute approximate surface area is 304 Å². The van der Waals surface area contributed by atoms with Crippen molar-refractivity contribution in [2.24, 2.45) is 5.73 Å². The maximum absolute atomic E-state index is 14.9. The number of thioether (sulfide) groups is 3. The molecule has 0 amide bonds. The monoisotopic (exact) mass is 752 g/mol. The summed E-state index contributed by atoms with van der Waals surface area (Å²) < 4.78 is 71.7. The van der Waals surface area contributed by atoms with Crippen LogP contribution in [0.25, 0.3) is 33.4 Å². The third-order valence-electron chi connectivity index (χ3n) is 6.92. The Kier molecular flexibility index (Phi) is 15.3. The van der Waals surface area contributed by atoms with Gasteiger partial charge in [0.25, 0.3) is 0 Å². The molecule has 0 heterocycles. The van der Waals surface area contributed by atoms with E-state index < -0.39 is 23.3 Å². The van der Waals surface area contributed by atoms with Gasteiger partial charge in [-0.05, 0) is 82.4 Å². The van der Waals surface area contributed by atoms with Crippen molar-refractivity contribution in [2.75, 3.05) is 25.1 Å². The van der Waals surface area contributed by atoms with Crippen molar-refractivity contribution < 1.29 is 36.3 Å². The molecule has 0 saturated carbocycles. The van der Waals surface area contributed by atoms with Gasteiger partial charge in [-0.3, -0.25) is 9.59 Å². The van der Waals surface area contributed by atoms with E-state index in [1.54, 1.807) is 60.7 Å². The van der Waals surface area contributed by atoms with Crippen LogP contribution in [0, 0.1) is 34.6 Å². The van der Waals surface area contributed by atoms with Crippen LogP contribution in [0.1, 0.15) is 12.0 Å². The molecule has 51 heavy (non-hydrogen) atoms. The topological polar surface area (TPSA) is 93.2 Å². The Bertz CT molecular complexity index is 2000. The molecule has 0 unspecified atom stereocenters. The molecule has 0 spiro atoms. The fraction of sp³-hybridized carbons (Fsp3) is 0.132. The molecular formula is C38H29F5N2O3S3. The van der Waals surface area contributed by atoms with E-state index in [0.717, 1.165) is 53.5 Å². The van der Waals surface area contributed by atoms with Crippen LogP contribution in [0.2, 0.25) is 0 Å². The first-order valence-electron chi connectivity index (χ1n) is 15.1. The molecule has 262 valence electrons. The minimum Gasteiger partial charge on any atom is -0.369 e. The van der Waals surface area contributed by atoms with Gasteiger partial charge in [0.15, 0.2) is 11.6 Å². The number of hydrogen-bond acceptors (Lipinski definition) is 8. The van der Waals surface area contributed by atoms with Gasteiger partial charge in [0.05, 0.1) is 24.5 Å². The van der Waals surface area contributed by atoms with E-state index in [-0.39, 0.29) is 33.8 Å². The van der Waals surface area contributed by atoms with Gasteiger partial charge in [-0.1, -0.05) is 72.1 Å². The van der Waals surface area contributed by atoms with Crippen LogP contribution in [-0.2, 0) is 14.3 Å². The first kappa shape index (κ1) is 39.3. The number of alkyl halides is 1. The SMILES string of the molecule is N#Cc1ccc(-c2ccc(-c3ccc(SC(=O)CC(=O)Sc4ccc(-c5ccc(F)c(F)c5)cc4)cc3)cc2F)cc1F.NCCOCSCF. The zero-order valence-electron chi connectivity index (χ0n) is 26.7. The van der Waals surface area contributed by atoms with Gasteiger partial charge in [-0.2, -0.15) is 5.26 Å². The van der Waals surface area contributed by atoms with E-state index in [9.17, 15) is 31.5 Å². The van der Waals surface area contributed by atoms with Crippen molar-refractivity contribution in [3.8, 4) is 39.4 Å². The number of carbonyl (C=O) groups is 2. The van der Waals surface area contributed by atoms with Crippen molar-refractivity contribution in [2.45, 2.75) is 16.2 Å². The van der Waals surface area contributed by atoms with Crippen LogP contribution in [0.5, 0.6) is 0 Å². The summed E-state index contributed by atoms with van der Waals surface area (Å²) in [7, 11) is 0. The average molecular weight is 753 g/mol. The second-order valence-electron chi connectivity index (χ2n) is 10.4. The number of nitrogens with two attached hydrogens (primary N) is 1. The van der Waals surface area contributed by atoms with Crippen LogP contribution in [0.15, 0.2) is 113 Å². The largest absolute Gasteiger partial charge is 0.369 e. The Morgan fingerprint density at radius 2 is 1.16 bits per heavy atom. The molecule has 0 saturated heterocycles. The zero-order chi connectivity index (χ0) is 36.8. The highest BCUT2D eigenvalue weighted by molar-refractivity contribution is 8.15. The van der Waals surface area contributed by atoms with Crippen LogP contribution in [0.4, 0.5) is 22.0 Å². The number of nitrogens with zero attached hydrogens (tertiary/aromatic N) is 1. The van der Waals surface area contributed by atoms with Crippen molar-refractivity contribution in [3.05, 3.63) is 132 Å². The Balaban J connectivity index is 0.000000652. The van der Waals surface area contributed by atoms with E-state index in [1.165, 1.54) is 30.3 Å². The first-order chi connectivity index (χ1) is 24.6. The average Bonchev–Trinajstić information content (AvgIpc) is 3.12. The quantitative estimate of drug-likeness (QED) is 0.0443. The van der Waals surface area contributed by atoms with Crippen LogP contribution < -0.4 is 5.73 Å². The predicted octanol–water partition coefficient (Wildman–Crippen LogP) is 10.0. The summed E-state index contributed by atoms with van der Waals surface area (Å²) in [4.78, 5) is 26.2. The maximum Gasteiger partial charge on any atom is 0.201 e. The van der Waals surface area contributed by atoms with E-state index in [1.807, 2.05) is 0 Å². The van der Waals surface area contributed by atoms with Crippen molar-refractivity contribution in [1.82, 2.24) is 0 Å². The summed E-state index contributed by atoms with van der Waals surface area (Å²) in [6, 6.07) is 27.0. The molecule has 5 nitrogen and oxygen atoms in total. The van der Waals surface area contributed by atoms with Crippen molar-refractivity contribution >= 4 is 45.5 Å². The summed E-state index contributed by atoms with van der Waals surface area (Å²) in [6.45, 7) is 1.03. The van der Waals surface area contributed by atoms with Gasteiger partial charge in [-0.15, -0.1) is 11.8 Å². The molecule has 0 atom stereocenters. The van der Waals surface area contributed by atoms with Crippen LogP contribution >= 0.6 is 35.3 Å². The molecule has 5 rings (SSSR count). The third-order valence-corrected chi connectivity index (χ3v) is 9.17. The molecule has 0 aliphatic rings. The molecule has 0 aliphatic heterocycles. The van der Waals surface area contributed by atoms with Crippen LogP contribution in [-0.4, -0.2) is 35.3 Å². The van der Waals surface area contributed by atoms with Crippen molar-refractivity contribution in [1.29, 1.82) is 5.26 Å². The number of nitriles is 1. The molecule has 0 aromatic heterocycles. The van der Waals surface area contributed by atoms with E-state index in [2.05, 4.69) is 0 Å². The second-order valence-corrected chi connectivity index (χ2v) is 13.6. The Hall–Kier alpha value is -4.45. The summed E-state index contributed by atoms with van der Waals surface area (Å²) in [6.07, 6.45) is -0.301. The van der Waals surface area contributed by atoms with E-state index in [4.69, 9.17) is 15.7 Å². The fourth-order valence-corrected chi connectivity index (χ4v) is 6.36. The number of hydrogen-bond donors (Lipinski definition) is 1. The summed E-state index contributed by atoms with van der Waals surface area (Å²) in [5.41, 5.74) is 7.93. The smallest absolute Gasteiger partial charge is 0.201 e. The number of halogens is 5. The lowest BCUT2D eigenvalue weighted by Gasteiger charge is -2.08. The summed E-state index contributed by atoms with van der Waals surface area (Å²) in [5, 5.41) is 8.21. The number of ether oxygens (including phenoxy) is 1. The minimum atomic E-state index is -0.945. The lowest BCUT2D eigenvalue weighted by atomic mass is 9.99. The molecule has 0 aliphatic carbocycles.